The van der Waals surface area contributed by atoms with E-state index in [1.54, 1.807) is 0 Å². The van der Waals surface area contributed by atoms with Gasteiger partial charge in [0.05, 0.1) is 12.6 Å². The fraction of sp³-hybridized carbons (Fsp3) is 0.929. The Kier molecular flexibility index (Phi) is 3.97. The Balaban J connectivity index is 1.98. The lowest BCUT2D eigenvalue weighted by atomic mass is 9.86. The van der Waals surface area contributed by atoms with E-state index in [-0.39, 0.29) is 11.3 Å². The van der Waals surface area contributed by atoms with Crippen LogP contribution in [0.3, 0.4) is 0 Å². The van der Waals surface area contributed by atoms with Gasteiger partial charge in [-0.05, 0) is 24.7 Å². The Labute approximate surface area is 110 Å². The van der Waals surface area contributed by atoms with Crippen molar-refractivity contribution in [3.63, 3.8) is 0 Å². The maximum atomic E-state index is 12.5. The van der Waals surface area contributed by atoms with Gasteiger partial charge in [0.25, 0.3) is 0 Å². The van der Waals surface area contributed by atoms with Crippen molar-refractivity contribution in [2.24, 2.45) is 17.1 Å². The van der Waals surface area contributed by atoms with E-state index in [2.05, 4.69) is 0 Å². The summed E-state index contributed by atoms with van der Waals surface area (Å²) >= 11 is 0. The number of carbonyl (C=O) groups is 1. The second-order valence-corrected chi connectivity index (χ2v) is 6.80. The highest BCUT2D eigenvalue weighted by Gasteiger charge is 2.39. The van der Waals surface area contributed by atoms with E-state index in [1.165, 1.54) is 0 Å². The van der Waals surface area contributed by atoms with Gasteiger partial charge in [-0.25, -0.2) is 0 Å². The van der Waals surface area contributed by atoms with E-state index in [0.717, 1.165) is 39.0 Å². The minimum atomic E-state index is -0.402. The van der Waals surface area contributed by atoms with E-state index in [4.69, 9.17) is 10.5 Å². The van der Waals surface area contributed by atoms with E-state index >= 15 is 0 Å². The van der Waals surface area contributed by atoms with E-state index in [9.17, 15) is 4.79 Å². The summed E-state index contributed by atoms with van der Waals surface area (Å²) < 4.78 is 5.40. The van der Waals surface area contributed by atoms with Crippen LogP contribution in [-0.4, -0.2) is 42.6 Å². The third-order valence-electron chi connectivity index (χ3n) is 3.95. The van der Waals surface area contributed by atoms with E-state index in [1.807, 2.05) is 25.7 Å². The van der Waals surface area contributed by atoms with Gasteiger partial charge in [0.15, 0.2) is 0 Å². The molecule has 4 heteroatoms. The maximum Gasteiger partial charge on any atom is 0.240 e. The Morgan fingerprint density at radius 1 is 1.39 bits per heavy atom. The largest absolute Gasteiger partial charge is 0.381 e. The Bertz CT molecular complexity index is 301. The predicted molar refractivity (Wildman–Crippen MR) is 71.1 cm³/mol. The number of nitrogens with zero attached hydrogens (tertiary/aromatic N) is 1. The first kappa shape index (κ1) is 13.8. The molecule has 0 radical (unpaired) electrons. The summed E-state index contributed by atoms with van der Waals surface area (Å²) in [5, 5.41) is 0. The van der Waals surface area contributed by atoms with Gasteiger partial charge in [-0.1, -0.05) is 20.8 Å². The van der Waals surface area contributed by atoms with Gasteiger partial charge >= 0.3 is 0 Å². The SMILES string of the molecule is CC(C)(C)[C@H](N)C(=O)N(CC1CCOC1)C1CC1. The summed E-state index contributed by atoms with van der Waals surface area (Å²) in [6.45, 7) is 8.54. The first-order chi connectivity index (χ1) is 8.39. The van der Waals surface area contributed by atoms with Crippen molar-refractivity contribution >= 4 is 5.91 Å². The van der Waals surface area contributed by atoms with Crippen molar-refractivity contribution in [1.29, 1.82) is 0 Å². The smallest absolute Gasteiger partial charge is 0.240 e. The number of amides is 1. The number of rotatable bonds is 4. The van der Waals surface area contributed by atoms with Gasteiger partial charge in [0, 0.05) is 25.1 Å². The molecule has 2 fully saturated rings. The van der Waals surface area contributed by atoms with Crippen LogP contribution >= 0.6 is 0 Å². The lowest BCUT2D eigenvalue weighted by Crippen LogP contribution is -2.52. The van der Waals surface area contributed by atoms with E-state index in [0.29, 0.717) is 12.0 Å². The van der Waals surface area contributed by atoms with Crippen LogP contribution in [0.25, 0.3) is 0 Å². The zero-order chi connectivity index (χ0) is 13.3. The molecule has 2 atom stereocenters. The first-order valence-corrected chi connectivity index (χ1v) is 7.03. The van der Waals surface area contributed by atoms with Crippen LogP contribution in [0.1, 0.15) is 40.0 Å². The molecule has 1 aliphatic carbocycles. The van der Waals surface area contributed by atoms with E-state index < -0.39 is 6.04 Å². The Morgan fingerprint density at radius 2 is 2.06 bits per heavy atom. The summed E-state index contributed by atoms with van der Waals surface area (Å²) in [5.74, 6) is 0.624. The fourth-order valence-electron chi connectivity index (χ4n) is 2.36. The zero-order valence-corrected chi connectivity index (χ0v) is 11.8. The molecule has 1 heterocycles. The third-order valence-corrected chi connectivity index (χ3v) is 3.95. The highest BCUT2D eigenvalue weighted by atomic mass is 16.5. The molecule has 0 aromatic rings. The van der Waals surface area contributed by atoms with Crippen molar-refractivity contribution < 1.29 is 9.53 Å². The maximum absolute atomic E-state index is 12.5. The highest BCUT2D eigenvalue weighted by Crippen LogP contribution is 2.31. The lowest BCUT2D eigenvalue weighted by molar-refractivity contribution is -0.136. The second kappa shape index (κ2) is 5.17. The van der Waals surface area contributed by atoms with Crippen LogP contribution in [0.4, 0.5) is 0 Å². The van der Waals surface area contributed by atoms with Crippen LogP contribution in [-0.2, 0) is 9.53 Å². The van der Waals surface area contributed by atoms with Gasteiger partial charge in [-0.15, -0.1) is 0 Å². The molecule has 1 aliphatic heterocycles. The van der Waals surface area contributed by atoms with Crippen molar-refractivity contribution in [2.75, 3.05) is 19.8 Å². The van der Waals surface area contributed by atoms with Gasteiger partial charge in [0.2, 0.25) is 5.91 Å². The molecule has 0 spiro atoms. The average molecular weight is 254 g/mol. The molecule has 2 rings (SSSR count). The number of ether oxygens (including phenoxy) is 1. The summed E-state index contributed by atoms with van der Waals surface area (Å²) in [6, 6.07) is 0.0342. The number of carbonyl (C=O) groups excluding carboxylic acids is 1. The van der Waals surface area contributed by atoms with Crippen molar-refractivity contribution in [3.8, 4) is 0 Å². The molecule has 2 N–H and O–H groups in total. The predicted octanol–water partition coefficient (Wildman–Crippen LogP) is 1.39. The van der Waals surface area contributed by atoms with Gasteiger partial charge in [0.1, 0.15) is 0 Å². The third kappa shape index (κ3) is 3.23. The van der Waals surface area contributed by atoms with Crippen LogP contribution in [0.2, 0.25) is 0 Å². The van der Waals surface area contributed by atoms with Crippen molar-refractivity contribution in [3.05, 3.63) is 0 Å². The minimum absolute atomic E-state index is 0.122. The molecule has 1 saturated carbocycles. The van der Waals surface area contributed by atoms with Gasteiger partial charge in [-0.3, -0.25) is 4.79 Å². The Morgan fingerprint density at radius 3 is 2.50 bits per heavy atom. The molecule has 0 aromatic heterocycles. The summed E-state index contributed by atoms with van der Waals surface area (Å²) in [7, 11) is 0. The van der Waals surface area contributed by atoms with Crippen LogP contribution in [0.15, 0.2) is 0 Å². The van der Waals surface area contributed by atoms with Crippen molar-refractivity contribution in [2.45, 2.75) is 52.1 Å². The standard InChI is InChI=1S/C14H26N2O2/c1-14(2,3)12(15)13(17)16(11-4-5-11)8-10-6-7-18-9-10/h10-12H,4-9,15H2,1-3H3/t10?,12-/m1/s1. The molecule has 1 amide bonds. The Hall–Kier alpha value is -0.610. The van der Waals surface area contributed by atoms with Crippen LogP contribution < -0.4 is 5.73 Å². The lowest BCUT2D eigenvalue weighted by Gasteiger charge is -2.33. The normalized spacial score (nSPS) is 26.1. The highest BCUT2D eigenvalue weighted by molar-refractivity contribution is 5.83. The minimum Gasteiger partial charge on any atom is -0.381 e. The number of hydrogen-bond acceptors (Lipinski definition) is 3. The topological polar surface area (TPSA) is 55.6 Å². The molecule has 104 valence electrons. The number of hydrogen-bond donors (Lipinski definition) is 1. The second-order valence-electron chi connectivity index (χ2n) is 6.80. The first-order valence-electron chi connectivity index (χ1n) is 7.03. The molecule has 1 unspecified atom stereocenters. The van der Waals surface area contributed by atoms with Crippen LogP contribution in [0, 0.1) is 11.3 Å². The molecular formula is C14H26N2O2. The number of nitrogens with two attached hydrogens (primary N) is 1. The summed E-state index contributed by atoms with van der Waals surface area (Å²) in [5.41, 5.74) is 5.94. The van der Waals surface area contributed by atoms with Gasteiger partial charge in [-0.2, -0.15) is 0 Å². The quantitative estimate of drug-likeness (QED) is 0.825. The fourth-order valence-corrected chi connectivity index (χ4v) is 2.36. The molecule has 1 saturated heterocycles. The van der Waals surface area contributed by atoms with Gasteiger partial charge < -0.3 is 15.4 Å². The average Bonchev–Trinajstić information content (AvgIpc) is 3.00. The monoisotopic (exact) mass is 254 g/mol. The summed E-state index contributed by atoms with van der Waals surface area (Å²) in [4.78, 5) is 14.5. The molecule has 2 aliphatic rings. The summed E-state index contributed by atoms with van der Waals surface area (Å²) in [6.07, 6.45) is 3.34. The molecule has 18 heavy (non-hydrogen) atoms. The zero-order valence-electron chi connectivity index (χ0n) is 11.8. The van der Waals surface area contributed by atoms with Crippen LogP contribution in [0.5, 0.6) is 0 Å². The molecule has 4 nitrogen and oxygen atoms in total. The van der Waals surface area contributed by atoms with Crippen molar-refractivity contribution in [1.82, 2.24) is 4.90 Å². The molecule has 0 bridgehead atoms. The molecular weight excluding hydrogens is 228 g/mol. The molecule has 0 aromatic carbocycles.